The van der Waals surface area contributed by atoms with Crippen LogP contribution in [-0.4, -0.2) is 30.1 Å². The van der Waals surface area contributed by atoms with Crippen LogP contribution in [0.3, 0.4) is 0 Å². The quantitative estimate of drug-likeness (QED) is 0.737. The Morgan fingerprint density at radius 2 is 1.93 bits per heavy atom. The van der Waals surface area contributed by atoms with Crippen molar-refractivity contribution in [3.63, 3.8) is 0 Å². The van der Waals surface area contributed by atoms with Gasteiger partial charge in [0.05, 0.1) is 0 Å². The van der Waals surface area contributed by atoms with Gasteiger partial charge in [-0.1, -0.05) is 53.7 Å². The SMILES string of the molecule is CN1C(=O)C(NC(=O)c2cc(Cc3ccccc3)on2)C[C@H](F)c2ccccc21. The Morgan fingerprint density at radius 3 is 2.72 bits per heavy atom. The predicted octanol–water partition coefficient (Wildman–Crippen LogP) is 3.44. The summed E-state index contributed by atoms with van der Waals surface area (Å²) in [6, 6.07) is 17.0. The minimum absolute atomic E-state index is 0.0588. The first kappa shape index (κ1) is 18.9. The molecule has 7 heteroatoms. The Bertz CT molecular complexity index is 1030. The van der Waals surface area contributed by atoms with Crippen molar-refractivity contribution in [3.8, 4) is 0 Å². The normalized spacial score (nSPS) is 18.8. The van der Waals surface area contributed by atoms with Gasteiger partial charge in [0.2, 0.25) is 5.91 Å². The van der Waals surface area contributed by atoms with E-state index in [9.17, 15) is 14.0 Å². The smallest absolute Gasteiger partial charge is 0.274 e. The number of hydrogen-bond acceptors (Lipinski definition) is 4. The summed E-state index contributed by atoms with van der Waals surface area (Å²) in [5.41, 5.74) is 2.03. The van der Waals surface area contributed by atoms with Crippen LogP contribution < -0.4 is 10.2 Å². The van der Waals surface area contributed by atoms with Gasteiger partial charge in [-0.2, -0.15) is 0 Å². The molecule has 0 aliphatic carbocycles. The molecule has 0 bridgehead atoms. The highest BCUT2D eigenvalue weighted by Crippen LogP contribution is 2.35. The lowest BCUT2D eigenvalue weighted by atomic mass is 10.0. The first-order chi connectivity index (χ1) is 14.0. The standard InChI is InChI=1S/C22H20FN3O3/c1-26-20-10-6-5-9-16(20)17(23)13-19(22(26)28)24-21(27)18-12-15(29-25-18)11-14-7-3-2-4-8-14/h2-10,12,17,19H,11,13H2,1H3,(H,24,27)/t17-,19?/m0/s1. The number of likely N-dealkylation sites (N-methyl/N-ethyl adjacent to an activating group) is 1. The summed E-state index contributed by atoms with van der Waals surface area (Å²) < 4.78 is 20.0. The fourth-order valence-corrected chi connectivity index (χ4v) is 3.50. The molecule has 1 aliphatic rings. The van der Waals surface area contributed by atoms with E-state index in [0.717, 1.165) is 5.56 Å². The third-order valence-electron chi connectivity index (χ3n) is 5.02. The van der Waals surface area contributed by atoms with E-state index in [0.29, 0.717) is 23.4 Å². The number of fused-ring (bicyclic) bond motifs is 1. The number of alkyl halides is 1. The number of carbonyl (C=O) groups is 2. The fraction of sp³-hybridized carbons (Fsp3) is 0.227. The second-order valence-electron chi connectivity index (χ2n) is 7.03. The van der Waals surface area contributed by atoms with E-state index in [2.05, 4.69) is 10.5 Å². The molecule has 2 atom stereocenters. The van der Waals surface area contributed by atoms with Crippen molar-refractivity contribution in [2.45, 2.75) is 25.1 Å². The van der Waals surface area contributed by atoms with Gasteiger partial charge in [0.25, 0.3) is 5.91 Å². The number of amides is 2. The summed E-state index contributed by atoms with van der Waals surface area (Å²) >= 11 is 0. The molecule has 0 saturated carbocycles. The number of nitrogens with zero attached hydrogens (tertiary/aromatic N) is 2. The van der Waals surface area contributed by atoms with Gasteiger partial charge in [-0.25, -0.2) is 4.39 Å². The zero-order valence-electron chi connectivity index (χ0n) is 15.8. The molecular weight excluding hydrogens is 373 g/mol. The van der Waals surface area contributed by atoms with Gasteiger partial charge in [0.1, 0.15) is 18.0 Å². The molecule has 1 unspecified atom stereocenters. The zero-order chi connectivity index (χ0) is 20.4. The number of anilines is 1. The third kappa shape index (κ3) is 3.89. The molecular formula is C22H20FN3O3. The first-order valence-corrected chi connectivity index (χ1v) is 9.34. The van der Waals surface area contributed by atoms with E-state index >= 15 is 0 Å². The first-order valence-electron chi connectivity index (χ1n) is 9.34. The van der Waals surface area contributed by atoms with Crippen molar-refractivity contribution in [3.05, 3.63) is 83.2 Å². The lowest BCUT2D eigenvalue weighted by Gasteiger charge is -2.21. The van der Waals surface area contributed by atoms with Gasteiger partial charge in [0.15, 0.2) is 5.69 Å². The van der Waals surface area contributed by atoms with Crippen LogP contribution >= 0.6 is 0 Å². The maximum absolute atomic E-state index is 14.8. The van der Waals surface area contributed by atoms with E-state index in [4.69, 9.17) is 4.52 Å². The van der Waals surface area contributed by atoms with Gasteiger partial charge in [-0.3, -0.25) is 9.59 Å². The Balaban J connectivity index is 1.48. The maximum atomic E-state index is 14.8. The van der Waals surface area contributed by atoms with E-state index in [1.807, 2.05) is 30.3 Å². The number of carbonyl (C=O) groups excluding carboxylic acids is 2. The van der Waals surface area contributed by atoms with Gasteiger partial charge in [-0.15, -0.1) is 0 Å². The molecule has 0 spiro atoms. The molecule has 0 fully saturated rings. The number of nitrogens with one attached hydrogen (secondary N) is 1. The minimum atomic E-state index is -1.36. The fourth-order valence-electron chi connectivity index (χ4n) is 3.50. The molecule has 1 aliphatic heterocycles. The molecule has 0 saturated heterocycles. The van der Waals surface area contributed by atoms with Crippen molar-refractivity contribution in [1.82, 2.24) is 10.5 Å². The molecule has 1 N–H and O–H groups in total. The van der Waals surface area contributed by atoms with E-state index in [1.54, 1.807) is 31.3 Å². The van der Waals surface area contributed by atoms with Crippen LogP contribution in [0.2, 0.25) is 0 Å². The number of halogens is 1. The van der Waals surface area contributed by atoms with Crippen molar-refractivity contribution in [2.75, 3.05) is 11.9 Å². The van der Waals surface area contributed by atoms with E-state index < -0.39 is 18.1 Å². The average molecular weight is 393 g/mol. The molecule has 6 nitrogen and oxygen atoms in total. The van der Waals surface area contributed by atoms with Crippen molar-refractivity contribution < 1.29 is 18.5 Å². The van der Waals surface area contributed by atoms with Gasteiger partial charge in [0, 0.05) is 37.2 Å². The van der Waals surface area contributed by atoms with Gasteiger partial charge < -0.3 is 14.7 Å². The Morgan fingerprint density at radius 1 is 1.21 bits per heavy atom. The van der Waals surface area contributed by atoms with Gasteiger partial charge in [-0.05, 0) is 11.6 Å². The van der Waals surface area contributed by atoms with Crippen LogP contribution in [0, 0.1) is 0 Å². The van der Waals surface area contributed by atoms with E-state index in [-0.39, 0.29) is 18.0 Å². The summed E-state index contributed by atoms with van der Waals surface area (Å²) in [6.07, 6.45) is -1.01. The lowest BCUT2D eigenvalue weighted by Crippen LogP contribution is -2.47. The van der Waals surface area contributed by atoms with Crippen molar-refractivity contribution in [2.24, 2.45) is 0 Å². The van der Waals surface area contributed by atoms with Crippen LogP contribution in [0.5, 0.6) is 0 Å². The molecule has 148 valence electrons. The summed E-state index contributed by atoms with van der Waals surface area (Å²) in [4.78, 5) is 26.7. The van der Waals surface area contributed by atoms with Crippen molar-refractivity contribution >= 4 is 17.5 Å². The van der Waals surface area contributed by atoms with Crippen LogP contribution in [0.4, 0.5) is 10.1 Å². The highest BCUT2D eigenvalue weighted by molar-refractivity contribution is 6.02. The summed E-state index contributed by atoms with van der Waals surface area (Å²) in [5, 5.41) is 6.40. The molecule has 29 heavy (non-hydrogen) atoms. The van der Waals surface area contributed by atoms with E-state index in [1.165, 1.54) is 11.0 Å². The topological polar surface area (TPSA) is 75.4 Å². The second kappa shape index (κ2) is 7.87. The van der Waals surface area contributed by atoms with Crippen LogP contribution in [0.25, 0.3) is 0 Å². The van der Waals surface area contributed by atoms with Gasteiger partial charge >= 0.3 is 0 Å². The summed E-state index contributed by atoms with van der Waals surface area (Å²) in [5.74, 6) is -0.418. The minimum Gasteiger partial charge on any atom is -0.360 e. The summed E-state index contributed by atoms with van der Waals surface area (Å²) in [7, 11) is 1.58. The zero-order valence-corrected chi connectivity index (χ0v) is 15.8. The highest BCUT2D eigenvalue weighted by atomic mass is 19.1. The molecule has 3 aromatic rings. The Labute approximate surface area is 167 Å². The largest absolute Gasteiger partial charge is 0.360 e. The van der Waals surface area contributed by atoms with Crippen molar-refractivity contribution in [1.29, 1.82) is 0 Å². The number of para-hydroxylation sites is 1. The number of benzene rings is 2. The molecule has 4 rings (SSSR count). The number of hydrogen-bond donors (Lipinski definition) is 1. The third-order valence-corrected chi connectivity index (χ3v) is 5.02. The lowest BCUT2D eigenvalue weighted by molar-refractivity contribution is -0.120. The van der Waals surface area contributed by atoms with Crippen LogP contribution in [0.1, 0.15) is 40.0 Å². The molecule has 2 heterocycles. The Hall–Kier alpha value is -3.48. The molecule has 2 amide bonds. The second-order valence-corrected chi connectivity index (χ2v) is 7.03. The molecule has 0 radical (unpaired) electrons. The maximum Gasteiger partial charge on any atom is 0.274 e. The molecule has 2 aromatic carbocycles. The molecule has 1 aromatic heterocycles. The number of aromatic nitrogens is 1. The monoisotopic (exact) mass is 393 g/mol. The van der Waals surface area contributed by atoms with Crippen LogP contribution in [-0.2, 0) is 11.2 Å². The highest BCUT2D eigenvalue weighted by Gasteiger charge is 2.34. The average Bonchev–Trinajstić information content (AvgIpc) is 3.18. The Kier molecular flexibility index (Phi) is 5.12. The number of rotatable bonds is 4. The predicted molar refractivity (Wildman–Crippen MR) is 105 cm³/mol. The summed E-state index contributed by atoms with van der Waals surface area (Å²) in [6.45, 7) is 0. The van der Waals surface area contributed by atoms with Crippen LogP contribution in [0.15, 0.2) is 65.2 Å².